The van der Waals surface area contributed by atoms with E-state index in [9.17, 15) is 4.79 Å². The summed E-state index contributed by atoms with van der Waals surface area (Å²) in [5, 5.41) is 12.0. The van der Waals surface area contributed by atoms with Gasteiger partial charge in [0.1, 0.15) is 0 Å². The van der Waals surface area contributed by atoms with Crippen molar-refractivity contribution < 1.29 is 4.79 Å². The molecule has 0 aliphatic rings. The minimum Gasteiger partial charge on any atom is -0.295 e. The normalized spacial score (nSPS) is 10.8. The molecule has 0 saturated heterocycles. The molecule has 3 aromatic rings. The van der Waals surface area contributed by atoms with Crippen molar-refractivity contribution in [3.05, 3.63) is 52.3 Å². The first-order valence-corrected chi connectivity index (χ1v) is 11.2. The first-order valence-electron chi connectivity index (χ1n) is 8.04. The lowest BCUT2D eigenvalue weighted by Crippen LogP contribution is -2.15. The molecular weight excluding hydrogens is 422 g/mol. The van der Waals surface area contributed by atoms with Crippen molar-refractivity contribution in [1.82, 2.24) is 20.2 Å². The fourth-order valence-corrected chi connectivity index (χ4v) is 4.64. The van der Waals surface area contributed by atoms with Crippen LogP contribution < -0.4 is 5.32 Å². The molecule has 1 aromatic carbocycles. The highest BCUT2D eigenvalue weighted by Gasteiger charge is 2.17. The predicted molar refractivity (Wildman–Crippen MR) is 112 cm³/mol. The van der Waals surface area contributed by atoms with Crippen molar-refractivity contribution in [3.63, 3.8) is 0 Å². The van der Waals surface area contributed by atoms with E-state index in [1.807, 2.05) is 19.1 Å². The average molecular weight is 438 g/mol. The molecule has 0 bridgehead atoms. The molecule has 0 fully saturated rings. The molecule has 10 heteroatoms. The van der Waals surface area contributed by atoms with Crippen LogP contribution in [-0.2, 0) is 5.75 Å². The quantitative estimate of drug-likeness (QED) is 0.318. The van der Waals surface area contributed by atoms with Crippen LogP contribution in [0.4, 0.5) is 5.13 Å². The van der Waals surface area contributed by atoms with E-state index >= 15 is 0 Å². The second kappa shape index (κ2) is 9.50. The van der Waals surface area contributed by atoms with Crippen molar-refractivity contribution in [2.24, 2.45) is 0 Å². The largest absolute Gasteiger partial charge is 0.295 e. The number of carbonyl (C=O) groups excluding carboxylic acids is 1. The molecule has 0 saturated carbocycles. The van der Waals surface area contributed by atoms with Crippen LogP contribution in [-0.4, -0.2) is 31.8 Å². The van der Waals surface area contributed by atoms with Crippen LogP contribution >= 0.6 is 46.5 Å². The summed E-state index contributed by atoms with van der Waals surface area (Å²) < 4.78 is 0.782. The van der Waals surface area contributed by atoms with Gasteiger partial charge in [0, 0.05) is 5.75 Å². The zero-order valence-electron chi connectivity index (χ0n) is 14.6. The lowest BCUT2D eigenvalue weighted by Gasteiger charge is -2.04. The van der Waals surface area contributed by atoms with Gasteiger partial charge >= 0.3 is 0 Å². The van der Waals surface area contributed by atoms with Crippen LogP contribution in [0.3, 0.4) is 0 Å². The molecule has 0 unspecified atom stereocenters. The Morgan fingerprint density at radius 2 is 2.07 bits per heavy atom. The van der Waals surface area contributed by atoms with Gasteiger partial charge in [0.2, 0.25) is 5.13 Å². The van der Waals surface area contributed by atoms with Crippen molar-refractivity contribution >= 4 is 57.5 Å². The van der Waals surface area contributed by atoms with E-state index in [1.165, 1.54) is 40.4 Å². The number of anilines is 1. The number of hydrogen-bond donors (Lipinski definition) is 1. The molecule has 2 heterocycles. The number of rotatable bonds is 7. The van der Waals surface area contributed by atoms with Crippen LogP contribution in [0.1, 0.15) is 28.5 Å². The van der Waals surface area contributed by atoms with E-state index in [2.05, 4.69) is 44.5 Å². The summed E-state index contributed by atoms with van der Waals surface area (Å²) in [6, 6.07) is 8.21. The molecule has 2 aromatic heterocycles. The van der Waals surface area contributed by atoms with Gasteiger partial charge in [-0.25, -0.2) is 9.97 Å². The van der Waals surface area contributed by atoms with Gasteiger partial charge in [-0.3, -0.25) is 10.1 Å². The van der Waals surface area contributed by atoms with Crippen LogP contribution in [0.2, 0.25) is 5.02 Å². The summed E-state index contributed by atoms with van der Waals surface area (Å²) in [6.07, 6.45) is 1.44. The molecule has 27 heavy (non-hydrogen) atoms. The Bertz CT molecular complexity index is 950. The Labute approximate surface area is 174 Å². The lowest BCUT2D eigenvalue weighted by molar-refractivity contribution is 0.102. The Balaban J connectivity index is 1.64. The Kier molecular flexibility index (Phi) is 7.06. The first-order chi connectivity index (χ1) is 13.1. The van der Waals surface area contributed by atoms with Gasteiger partial charge in [0.15, 0.2) is 15.2 Å². The fraction of sp³-hybridized carbons (Fsp3) is 0.235. The van der Waals surface area contributed by atoms with Gasteiger partial charge in [-0.1, -0.05) is 77.7 Å². The van der Waals surface area contributed by atoms with E-state index in [4.69, 9.17) is 11.6 Å². The average Bonchev–Trinajstić information content (AvgIpc) is 3.10. The number of hydrogen-bond acceptors (Lipinski definition) is 8. The molecule has 0 atom stereocenters. The van der Waals surface area contributed by atoms with Crippen molar-refractivity contribution in [3.8, 4) is 0 Å². The van der Waals surface area contributed by atoms with E-state index in [-0.39, 0.29) is 10.7 Å². The van der Waals surface area contributed by atoms with E-state index in [1.54, 1.807) is 11.8 Å². The number of benzene rings is 1. The zero-order chi connectivity index (χ0) is 19.2. The maximum atomic E-state index is 12.5. The number of amides is 1. The fourth-order valence-electron chi connectivity index (χ4n) is 2.10. The minimum atomic E-state index is -0.424. The molecule has 140 valence electrons. The highest BCUT2D eigenvalue weighted by Crippen LogP contribution is 2.29. The second-order valence-corrected chi connectivity index (χ2v) is 9.16. The maximum Gasteiger partial charge on any atom is 0.277 e. The number of nitrogens with one attached hydrogen (secondary N) is 1. The lowest BCUT2D eigenvalue weighted by atomic mass is 10.1. The van der Waals surface area contributed by atoms with E-state index < -0.39 is 5.91 Å². The summed E-state index contributed by atoms with van der Waals surface area (Å²) >= 11 is 10.4. The van der Waals surface area contributed by atoms with Crippen LogP contribution in [0.25, 0.3) is 0 Å². The number of carbonyl (C=O) groups is 1. The van der Waals surface area contributed by atoms with Crippen LogP contribution in [0, 0.1) is 6.92 Å². The molecule has 0 aliphatic heterocycles. The number of halogens is 1. The number of nitrogens with zero attached hydrogens (tertiary/aromatic N) is 4. The van der Waals surface area contributed by atoms with Gasteiger partial charge in [0.25, 0.3) is 5.91 Å². The van der Waals surface area contributed by atoms with Crippen molar-refractivity contribution in [1.29, 1.82) is 0 Å². The summed E-state index contributed by atoms with van der Waals surface area (Å²) in [5.74, 6) is 1.18. The van der Waals surface area contributed by atoms with Gasteiger partial charge in [-0.2, -0.15) is 0 Å². The Hall–Kier alpha value is -1.68. The standard InChI is InChI=1S/C17H16ClN5OS3/c1-3-25-15-19-8-12(18)13(20-15)14(24)21-16-22-23-17(27-16)26-9-11-7-5-4-6-10(11)2/h4-8H,3,9H2,1-2H3,(H,21,22,24). The van der Waals surface area contributed by atoms with E-state index in [0.29, 0.717) is 10.3 Å². The molecule has 1 N–H and O–H groups in total. The molecule has 1 amide bonds. The smallest absolute Gasteiger partial charge is 0.277 e. The summed E-state index contributed by atoms with van der Waals surface area (Å²) in [6.45, 7) is 4.07. The highest BCUT2D eigenvalue weighted by molar-refractivity contribution is 8.00. The molecule has 3 rings (SSSR count). The van der Waals surface area contributed by atoms with Gasteiger partial charge in [0.05, 0.1) is 11.2 Å². The van der Waals surface area contributed by atoms with Crippen molar-refractivity contribution in [2.75, 3.05) is 11.1 Å². The topological polar surface area (TPSA) is 80.7 Å². The molecule has 6 nitrogen and oxygen atoms in total. The first kappa shape index (κ1) is 20.1. The predicted octanol–water partition coefficient (Wildman–Crippen LogP) is 4.95. The third-order valence-corrected chi connectivity index (χ3v) is 6.49. The molecule has 0 radical (unpaired) electrons. The monoisotopic (exact) mass is 437 g/mol. The molecule has 0 aliphatic carbocycles. The van der Waals surface area contributed by atoms with Gasteiger partial charge in [-0.15, -0.1) is 10.2 Å². The summed E-state index contributed by atoms with van der Waals surface area (Å²) in [7, 11) is 0. The molecular formula is C17H16ClN5OS3. The van der Waals surface area contributed by atoms with Crippen molar-refractivity contribution in [2.45, 2.75) is 29.1 Å². The number of aromatic nitrogens is 4. The second-order valence-electron chi connectivity index (χ2n) is 5.32. The summed E-state index contributed by atoms with van der Waals surface area (Å²) in [5.41, 5.74) is 2.62. The molecule has 0 spiro atoms. The third kappa shape index (κ3) is 5.41. The van der Waals surface area contributed by atoms with Crippen LogP contribution in [0.15, 0.2) is 40.0 Å². The summed E-state index contributed by atoms with van der Waals surface area (Å²) in [4.78, 5) is 20.8. The minimum absolute atomic E-state index is 0.131. The SMILES string of the molecule is CCSc1ncc(Cl)c(C(=O)Nc2nnc(SCc3ccccc3C)s2)n1. The van der Waals surface area contributed by atoms with Gasteiger partial charge in [-0.05, 0) is 23.8 Å². The number of thioether (sulfide) groups is 2. The highest BCUT2D eigenvalue weighted by atomic mass is 35.5. The maximum absolute atomic E-state index is 12.5. The zero-order valence-corrected chi connectivity index (χ0v) is 17.8. The Morgan fingerprint density at radius 1 is 1.26 bits per heavy atom. The number of aryl methyl sites for hydroxylation is 1. The third-order valence-electron chi connectivity index (χ3n) is 3.45. The van der Waals surface area contributed by atoms with Crippen LogP contribution in [0.5, 0.6) is 0 Å². The van der Waals surface area contributed by atoms with E-state index in [0.717, 1.165) is 15.8 Å². The van der Waals surface area contributed by atoms with Gasteiger partial charge < -0.3 is 0 Å². The Morgan fingerprint density at radius 3 is 2.85 bits per heavy atom.